The molecule has 52 heavy (non-hydrogen) atoms. The van der Waals surface area contributed by atoms with Crippen LogP contribution in [0.3, 0.4) is 0 Å². The minimum atomic E-state index is -0.0779. The van der Waals surface area contributed by atoms with E-state index in [1.807, 2.05) is 0 Å². The Morgan fingerprint density at radius 3 is 1.50 bits per heavy atom. The van der Waals surface area contributed by atoms with Crippen molar-refractivity contribution in [3.8, 4) is 0 Å². The summed E-state index contributed by atoms with van der Waals surface area (Å²) >= 11 is 0. The van der Waals surface area contributed by atoms with Crippen LogP contribution >= 0.6 is 0 Å². The maximum absolute atomic E-state index is 13.1. The maximum Gasteiger partial charge on any atom is 0.307 e. The number of unbranched alkanes of at least 4 members (excludes halogenated alkanes) is 20. The molecule has 0 aromatic carbocycles. The van der Waals surface area contributed by atoms with Gasteiger partial charge in [0.05, 0.1) is 19.6 Å². The van der Waals surface area contributed by atoms with Gasteiger partial charge in [0.15, 0.2) is 0 Å². The van der Waals surface area contributed by atoms with Crippen molar-refractivity contribution in [2.24, 2.45) is 5.92 Å². The van der Waals surface area contributed by atoms with Crippen LogP contribution in [0, 0.1) is 5.92 Å². The van der Waals surface area contributed by atoms with Gasteiger partial charge in [-0.25, -0.2) is 0 Å². The van der Waals surface area contributed by atoms with Crippen molar-refractivity contribution in [1.82, 2.24) is 14.7 Å². The standard InChI is InChI=1S/C45H89N3O4/c1-5-8-11-14-17-19-21-24-27-41-51-44(49)31-28-33-47(39-40-48-37-35-46(4)36-38-48)34-32-45(50)52-42-43(29-25-22-16-13-10-7-3)30-26-23-20-18-15-12-9-6-2/h43H,5-42H2,1-4H3. The normalized spacial score (nSPS) is 14.6. The minimum absolute atomic E-state index is 0.0613. The predicted octanol–water partition coefficient (Wildman–Crippen LogP) is 11.2. The van der Waals surface area contributed by atoms with Crippen LogP contribution in [0.5, 0.6) is 0 Å². The molecule has 1 heterocycles. The molecule has 0 radical (unpaired) electrons. The SMILES string of the molecule is CCCCCCCCCCCOC(=O)CCCN(CCC(=O)OCC(CCCCCCCC)CCCCCCCCCC)CCN1CCN(C)CC1. The van der Waals surface area contributed by atoms with E-state index < -0.39 is 0 Å². The second-order valence-corrected chi connectivity index (χ2v) is 16.3. The van der Waals surface area contributed by atoms with Crippen molar-refractivity contribution >= 4 is 11.9 Å². The topological polar surface area (TPSA) is 62.3 Å². The Kier molecular flexibility index (Phi) is 34.5. The summed E-state index contributed by atoms with van der Waals surface area (Å²) in [6, 6.07) is 0. The van der Waals surface area contributed by atoms with Crippen LogP contribution in [0.25, 0.3) is 0 Å². The Morgan fingerprint density at radius 1 is 0.519 bits per heavy atom. The summed E-state index contributed by atoms with van der Waals surface area (Å²) in [5.74, 6) is 0.352. The fourth-order valence-electron chi connectivity index (χ4n) is 7.43. The number of rotatable bonds is 38. The molecule has 0 aliphatic carbocycles. The third-order valence-electron chi connectivity index (χ3n) is 11.2. The molecule has 0 saturated carbocycles. The summed E-state index contributed by atoms with van der Waals surface area (Å²) < 4.78 is 11.5. The van der Waals surface area contributed by atoms with E-state index in [0.29, 0.717) is 38.5 Å². The van der Waals surface area contributed by atoms with Gasteiger partial charge in [-0.05, 0) is 45.2 Å². The highest BCUT2D eigenvalue weighted by molar-refractivity contribution is 5.69. The number of esters is 2. The van der Waals surface area contributed by atoms with E-state index in [-0.39, 0.29) is 11.9 Å². The van der Waals surface area contributed by atoms with Crippen molar-refractivity contribution in [2.45, 2.75) is 201 Å². The molecule has 0 spiro atoms. The third kappa shape index (κ3) is 31.2. The molecule has 1 aliphatic heterocycles. The highest BCUT2D eigenvalue weighted by Crippen LogP contribution is 2.20. The van der Waals surface area contributed by atoms with Gasteiger partial charge in [0.1, 0.15) is 0 Å². The van der Waals surface area contributed by atoms with E-state index in [2.05, 4.69) is 42.5 Å². The quantitative estimate of drug-likeness (QED) is 0.0462. The number of hydrogen-bond acceptors (Lipinski definition) is 7. The molecule has 0 bridgehead atoms. The van der Waals surface area contributed by atoms with Crippen LogP contribution in [0.2, 0.25) is 0 Å². The third-order valence-corrected chi connectivity index (χ3v) is 11.2. The average Bonchev–Trinajstić information content (AvgIpc) is 3.15. The van der Waals surface area contributed by atoms with E-state index in [0.717, 1.165) is 65.1 Å². The van der Waals surface area contributed by atoms with Crippen LogP contribution in [-0.2, 0) is 19.1 Å². The number of likely N-dealkylation sites (N-methyl/N-ethyl adjacent to an activating group) is 1. The van der Waals surface area contributed by atoms with Gasteiger partial charge in [-0.3, -0.25) is 14.5 Å². The highest BCUT2D eigenvalue weighted by atomic mass is 16.5. The molecule has 0 amide bonds. The van der Waals surface area contributed by atoms with E-state index in [1.165, 1.54) is 148 Å². The van der Waals surface area contributed by atoms with Gasteiger partial charge in [-0.1, -0.05) is 162 Å². The lowest BCUT2D eigenvalue weighted by Crippen LogP contribution is -2.47. The zero-order chi connectivity index (χ0) is 37.7. The molecular formula is C45H89N3O4. The first-order valence-electron chi connectivity index (χ1n) is 22.9. The second kappa shape index (κ2) is 36.8. The van der Waals surface area contributed by atoms with Crippen molar-refractivity contribution < 1.29 is 19.1 Å². The molecule has 1 fully saturated rings. The summed E-state index contributed by atoms with van der Waals surface area (Å²) in [6.45, 7) is 15.8. The first kappa shape index (κ1) is 48.8. The number of piperazine rings is 1. The monoisotopic (exact) mass is 736 g/mol. The molecule has 0 N–H and O–H groups in total. The smallest absolute Gasteiger partial charge is 0.307 e. The Morgan fingerprint density at radius 2 is 0.981 bits per heavy atom. The Balaban J connectivity index is 2.45. The zero-order valence-electron chi connectivity index (χ0n) is 35.4. The molecule has 1 rings (SSSR count). The van der Waals surface area contributed by atoms with E-state index >= 15 is 0 Å². The number of carbonyl (C=O) groups is 2. The average molecular weight is 736 g/mol. The summed E-state index contributed by atoms with van der Waals surface area (Å²) in [5.41, 5.74) is 0. The molecule has 7 nitrogen and oxygen atoms in total. The molecule has 1 unspecified atom stereocenters. The van der Waals surface area contributed by atoms with Gasteiger partial charge in [0.2, 0.25) is 0 Å². The Labute approximate surface area is 324 Å². The van der Waals surface area contributed by atoms with Gasteiger partial charge in [-0.2, -0.15) is 0 Å². The molecular weight excluding hydrogens is 647 g/mol. The fourth-order valence-corrected chi connectivity index (χ4v) is 7.43. The largest absolute Gasteiger partial charge is 0.466 e. The minimum Gasteiger partial charge on any atom is -0.466 e. The lowest BCUT2D eigenvalue weighted by molar-refractivity contribution is -0.146. The van der Waals surface area contributed by atoms with E-state index in [1.54, 1.807) is 0 Å². The Bertz CT molecular complexity index is 789. The van der Waals surface area contributed by atoms with Crippen LogP contribution in [0.1, 0.15) is 201 Å². The number of ether oxygens (including phenoxy) is 2. The van der Waals surface area contributed by atoms with Gasteiger partial charge < -0.3 is 19.3 Å². The molecule has 308 valence electrons. The first-order valence-corrected chi connectivity index (χ1v) is 22.9. The van der Waals surface area contributed by atoms with Crippen LogP contribution < -0.4 is 0 Å². The van der Waals surface area contributed by atoms with Gasteiger partial charge >= 0.3 is 11.9 Å². The maximum atomic E-state index is 13.1. The molecule has 7 heteroatoms. The number of hydrogen-bond donors (Lipinski definition) is 0. The van der Waals surface area contributed by atoms with Gasteiger partial charge in [-0.15, -0.1) is 0 Å². The van der Waals surface area contributed by atoms with Gasteiger partial charge in [0, 0.05) is 52.2 Å². The zero-order valence-corrected chi connectivity index (χ0v) is 35.4. The summed E-state index contributed by atoms with van der Waals surface area (Å²) in [5, 5.41) is 0. The van der Waals surface area contributed by atoms with E-state index in [4.69, 9.17) is 9.47 Å². The van der Waals surface area contributed by atoms with Crippen LogP contribution in [-0.4, -0.2) is 99.3 Å². The Hall–Kier alpha value is -1.18. The molecule has 1 atom stereocenters. The van der Waals surface area contributed by atoms with Crippen molar-refractivity contribution in [2.75, 3.05) is 72.6 Å². The number of nitrogens with zero attached hydrogens (tertiary/aromatic N) is 3. The first-order chi connectivity index (χ1) is 25.5. The van der Waals surface area contributed by atoms with Crippen molar-refractivity contribution in [3.05, 3.63) is 0 Å². The predicted molar refractivity (Wildman–Crippen MR) is 222 cm³/mol. The fraction of sp³-hybridized carbons (Fsp3) is 0.956. The molecule has 1 saturated heterocycles. The lowest BCUT2D eigenvalue weighted by Gasteiger charge is -2.34. The van der Waals surface area contributed by atoms with Crippen LogP contribution in [0.15, 0.2) is 0 Å². The number of carbonyl (C=O) groups excluding carboxylic acids is 2. The van der Waals surface area contributed by atoms with Crippen molar-refractivity contribution in [1.29, 1.82) is 0 Å². The summed E-state index contributed by atoms with van der Waals surface area (Å²) in [6.07, 6.45) is 34.0. The second-order valence-electron chi connectivity index (χ2n) is 16.3. The van der Waals surface area contributed by atoms with Crippen molar-refractivity contribution in [3.63, 3.8) is 0 Å². The molecule has 0 aromatic rings. The summed E-state index contributed by atoms with van der Waals surface area (Å²) in [7, 11) is 2.19. The van der Waals surface area contributed by atoms with Crippen LogP contribution in [0.4, 0.5) is 0 Å². The molecule has 1 aliphatic rings. The van der Waals surface area contributed by atoms with E-state index in [9.17, 15) is 9.59 Å². The molecule has 0 aromatic heterocycles. The lowest BCUT2D eigenvalue weighted by atomic mass is 9.94. The van der Waals surface area contributed by atoms with Gasteiger partial charge in [0.25, 0.3) is 0 Å². The highest BCUT2D eigenvalue weighted by Gasteiger charge is 2.17. The summed E-state index contributed by atoms with van der Waals surface area (Å²) in [4.78, 5) is 32.8.